The van der Waals surface area contributed by atoms with Gasteiger partial charge in [-0.1, -0.05) is 29.8 Å². The Morgan fingerprint density at radius 1 is 1.21 bits per heavy atom. The lowest BCUT2D eigenvalue weighted by Gasteiger charge is -2.12. The highest BCUT2D eigenvalue weighted by atomic mass is 32.1. The second-order valence-corrected chi connectivity index (χ2v) is 7.30. The maximum atomic E-state index is 12.3. The molecule has 7 heteroatoms. The van der Waals surface area contributed by atoms with Crippen LogP contribution in [0.2, 0.25) is 0 Å². The maximum Gasteiger partial charge on any atom is 0.339 e. The molecule has 0 aliphatic heterocycles. The average molecular weight is 398 g/mol. The topological polar surface area (TPSA) is 73.2 Å². The van der Waals surface area contributed by atoms with Gasteiger partial charge in [-0.3, -0.25) is 4.79 Å². The first kappa shape index (κ1) is 19.8. The lowest BCUT2D eigenvalue weighted by molar-refractivity contribution is -0.116. The van der Waals surface area contributed by atoms with Gasteiger partial charge in [-0.05, 0) is 32.4 Å². The molecule has 28 heavy (non-hydrogen) atoms. The van der Waals surface area contributed by atoms with E-state index in [4.69, 9.17) is 4.74 Å². The van der Waals surface area contributed by atoms with Crippen LogP contribution in [0.25, 0.3) is 11.3 Å². The molecule has 0 radical (unpaired) electrons. The number of aryl methyl sites for hydroxylation is 1. The fourth-order valence-electron chi connectivity index (χ4n) is 2.99. The van der Waals surface area contributed by atoms with Crippen LogP contribution in [0.4, 0.5) is 5.13 Å². The number of carbonyl (C=O) groups excluding carboxylic acids is 2. The first-order valence-corrected chi connectivity index (χ1v) is 10.0. The van der Waals surface area contributed by atoms with Crippen LogP contribution in [0, 0.1) is 13.8 Å². The molecule has 6 nitrogen and oxygen atoms in total. The molecule has 3 rings (SSSR count). The van der Waals surface area contributed by atoms with Gasteiger partial charge in [-0.25, -0.2) is 9.78 Å². The Morgan fingerprint density at radius 3 is 2.61 bits per heavy atom. The van der Waals surface area contributed by atoms with Gasteiger partial charge >= 0.3 is 5.97 Å². The van der Waals surface area contributed by atoms with Crippen molar-refractivity contribution in [1.29, 1.82) is 0 Å². The molecule has 146 valence electrons. The number of amides is 1. The quantitative estimate of drug-likeness (QED) is 0.599. The first-order chi connectivity index (χ1) is 13.5. The summed E-state index contributed by atoms with van der Waals surface area (Å²) < 4.78 is 7.19. The Labute approximate surface area is 168 Å². The number of rotatable bonds is 7. The van der Waals surface area contributed by atoms with Crippen LogP contribution >= 0.6 is 11.3 Å². The minimum absolute atomic E-state index is 0.115. The van der Waals surface area contributed by atoms with Crippen molar-refractivity contribution in [1.82, 2.24) is 9.55 Å². The highest BCUT2D eigenvalue weighted by molar-refractivity contribution is 7.13. The monoisotopic (exact) mass is 397 g/mol. The lowest BCUT2D eigenvalue weighted by Crippen LogP contribution is -2.15. The number of aromatic nitrogens is 2. The van der Waals surface area contributed by atoms with Crippen molar-refractivity contribution in [3.05, 3.63) is 58.7 Å². The predicted octanol–water partition coefficient (Wildman–Crippen LogP) is 4.43. The normalized spacial score (nSPS) is 10.7. The number of hydrogen-bond acceptors (Lipinski definition) is 5. The fraction of sp³-hybridized carbons (Fsp3) is 0.286. The molecule has 1 aromatic carbocycles. The fourth-order valence-corrected chi connectivity index (χ4v) is 3.54. The third kappa shape index (κ3) is 4.48. The van der Waals surface area contributed by atoms with Crippen LogP contribution in [-0.4, -0.2) is 28.0 Å². The van der Waals surface area contributed by atoms with Crippen LogP contribution < -0.4 is 5.32 Å². The molecule has 1 N–H and O–H groups in total. The van der Waals surface area contributed by atoms with Gasteiger partial charge in [0.05, 0.1) is 12.2 Å². The summed E-state index contributed by atoms with van der Waals surface area (Å²) in [6.45, 7) is 6.46. The summed E-state index contributed by atoms with van der Waals surface area (Å²) in [6.07, 6.45) is 1.92. The molecular weight excluding hydrogens is 374 g/mol. The SMILES string of the molecule is CCOC(=O)c1cc(-c2ccc(C)cc2)n(CCC(=O)Nc2nccs2)c1C. The Hall–Kier alpha value is -2.93. The summed E-state index contributed by atoms with van der Waals surface area (Å²) in [5.41, 5.74) is 4.35. The second-order valence-electron chi connectivity index (χ2n) is 6.40. The number of ether oxygens (including phenoxy) is 1. The zero-order valence-electron chi connectivity index (χ0n) is 16.2. The first-order valence-electron chi connectivity index (χ1n) is 9.13. The molecule has 0 saturated carbocycles. The van der Waals surface area contributed by atoms with E-state index >= 15 is 0 Å². The van der Waals surface area contributed by atoms with Gasteiger partial charge in [0.15, 0.2) is 5.13 Å². The molecule has 0 aliphatic rings. The molecule has 2 aromatic heterocycles. The Morgan fingerprint density at radius 2 is 1.96 bits per heavy atom. The van der Waals surface area contributed by atoms with Gasteiger partial charge < -0.3 is 14.6 Å². The van der Waals surface area contributed by atoms with Crippen LogP contribution in [0.3, 0.4) is 0 Å². The molecule has 0 unspecified atom stereocenters. The molecule has 0 fully saturated rings. The average Bonchev–Trinajstić information content (AvgIpc) is 3.29. The smallest absolute Gasteiger partial charge is 0.339 e. The number of nitrogens with zero attached hydrogens (tertiary/aromatic N) is 2. The minimum atomic E-state index is -0.348. The van der Waals surface area contributed by atoms with Crippen LogP contribution in [0.1, 0.15) is 35.0 Å². The van der Waals surface area contributed by atoms with Crippen molar-refractivity contribution in [2.45, 2.75) is 33.7 Å². The van der Waals surface area contributed by atoms with Gasteiger partial charge in [0.25, 0.3) is 0 Å². The molecule has 3 aromatic rings. The van der Waals surface area contributed by atoms with E-state index < -0.39 is 0 Å². The number of thiazole rings is 1. The summed E-state index contributed by atoms with van der Waals surface area (Å²) in [5.74, 6) is -0.463. The van der Waals surface area contributed by atoms with Gasteiger partial charge in [-0.15, -0.1) is 11.3 Å². The lowest BCUT2D eigenvalue weighted by atomic mass is 10.1. The third-order valence-electron chi connectivity index (χ3n) is 4.45. The highest BCUT2D eigenvalue weighted by Crippen LogP contribution is 2.27. The van der Waals surface area contributed by atoms with Crippen molar-refractivity contribution in [2.75, 3.05) is 11.9 Å². The molecule has 0 atom stereocenters. The number of benzene rings is 1. The Kier molecular flexibility index (Phi) is 6.26. The van der Waals surface area contributed by atoms with Crippen LogP contribution in [0.15, 0.2) is 41.9 Å². The van der Waals surface area contributed by atoms with Crippen LogP contribution in [-0.2, 0) is 16.1 Å². The minimum Gasteiger partial charge on any atom is -0.462 e. The standard InChI is InChI=1S/C21H23N3O3S/c1-4-27-20(26)17-13-18(16-7-5-14(2)6-8-16)24(15(17)3)11-9-19(25)23-21-22-10-12-28-21/h5-8,10,12-13H,4,9,11H2,1-3H3,(H,22,23,25). The van der Waals surface area contributed by atoms with E-state index in [1.807, 2.05) is 54.1 Å². The molecule has 0 aliphatic carbocycles. The molecule has 0 saturated heterocycles. The van der Waals surface area contributed by atoms with Crippen molar-refractivity contribution < 1.29 is 14.3 Å². The summed E-state index contributed by atoms with van der Waals surface area (Å²) >= 11 is 1.38. The number of esters is 1. The van der Waals surface area contributed by atoms with Gasteiger partial charge in [0.1, 0.15) is 0 Å². The summed E-state index contributed by atoms with van der Waals surface area (Å²) in [4.78, 5) is 28.7. The van der Waals surface area contributed by atoms with E-state index in [2.05, 4.69) is 10.3 Å². The van der Waals surface area contributed by atoms with Crippen molar-refractivity contribution in [3.63, 3.8) is 0 Å². The largest absolute Gasteiger partial charge is 0.462 e. The zero-order valence-corrected chi connectivity index (χ0v) is 17.0. The highest BCUT2D eigenvalue weighted by Gasteiger charge is 2.20. The van der Waals surface area contributed by atoms with Gasteiger partial charge in [0, 0.05) is 35.9 Å². The second kappa shape index (κ2) is 8.84. The Bertz CT molecular complexity index is 960. The number of hydrogen-bond donors (Lipinski definition) is 1. The van der Waals surface area contributed by atoms with Crippen molar-refractivity contribution >= 4 is 28.3 Å². The van der Waals surface area contributed by atoms with E-state index in [9.17, 15) is 9.59 Å². The van der Waals surface area contributed by atoms with E-state index in [1.165, 1.54) is 11.3 Å². The summed E-state index contributed by atoms with van der Waals surface area (Å²) in [7, 11) is 0. The zero-order chi connectivity index (χ0) is 20.1. The maximum absolute atomic E-state index is 12.3. The van der Waals surface area contributed by atoms with Crippen molar-refractivity contribution in [3.8, 4) is 11.3 Å². The molecular formula is C21H23N3O3S. The summed E-state index contributed by atoms with van der Waals surface area (Å²) in [5, 5.41) is 5.19. The van der Waals surface area contributed by atoms with E-state index in [-0.39, 0.29) is 18.3 Å². The van der Waals surface area contributed by atoms with E-state index in [0.29, 0.717) is 23.8 Å². The molecule has 0 spiro atoms. The number of anilines is 1. The van der Waals surface area contributed by atoms with E-state index in [1.54, 1.807) is 13.1 Å². The van der Waals surface area contributed by atoms with E-state index in [0.717, 1.165) is 22.5 Å². The van der Waals surface area contributed by atoms with Crippen LogP contribution in [0.5, 0.6) is 0 Å². The van der Waals surface area contributed by atoms with Crippen molar-refractivity contribution in [2.24, 2.45) is 0 Å². The van der Waals surface area contributed by atoms with Gasteiger partial charge in [-0.2, -0.15) is 0 Å². The molecule has 2 heterocycles. The summed E-state index contributed by atoms with van der Waals surface area (Å²) in [6, 6.07) is 9.94. The predicted molar refractivity (Wildman–Crippen MR) is 111 cm³/mol. The van der Waals surface area contributed by atoms with Gasteiger partial charge in [0.2, 0.25) is 5.91 Å². The molecule has 0 bridgehead atoms. The number of carbonyl (C=O) groups is 2. The third-order valence-corrected chi connectivity index (χ3v) is 5.14. The Balaban J connectivity index is 1.87. The number of nitrogens with one attached hydrogen (secondary N) is 1. The molecule has 1 amide bonds.